The summed E-state index contributed by atoms with van der Waals surface area (Å²) in [6.07, 6.45) is 0.277. The largest absolute Gasteiger partial charge is 0.388 e. The summed E-state index contributed by atoms with van der Waals surface area (Å²) in [5, 5.41) is 10.0. The van der Waals surface area contributed by atoms with Gasteiger partial charge in [-0.3, -0.25) is 0 Å². The molecule has 0 aliphatic heterocycles. The normalized spacial score (nSPS) is 13.6. The minimum Gasteiger partial charge on any atom is -0.388 e. The number of halogens is 2. The van der Waals surface area contributed by atoms with Crippen molar-refractivity contribution in [2.75, 3.05) is 11.5 Å². The summed E-state index contributed by atoms with van der Waals surface area (Å²) in [6.45, 7) is 1.64. The number of hydrogen-bond acceptors (Lipinski definition) is 3. The molecule has 6 heteroatoms. The SMILES string of the molecule is CCS(=O)(=O)CCCC(O)c1ccc(Br)cc1Br. The van der Waals surface area contributed by atoms with Crippen molar-refractivity contribution in [2.45, 2.75) is 25.9 Å². The van der Waals surface area contributed by atoms with Gasteiger partial charge in [0, 0.05) is 14.7 Å². The van der Waals surface area contributed by atoms with Crippen LogP contribution in [0.25, 0.3) is 0 Å². The minimum atomic E-state index is -2.94. The third-order valence-electron chi connectivity index (χ3n) is 2.69. The Hall–Kier alpha value is 0.0900. The third kappa shape index (κ3) is 4.99. The zero-order chi connectivity index (χ0) is 13.8. The quantitative estimate of drug-likeness (QED) is 0.796. The Kier molecular flexibility index (Phi) is 6.30. The molecule has 1 aromatic carbocycles. The fourth-order valence-electron chi connectivity index (χ4n) is 1.57. The summed E-state index contributed by atoms with van der Waals surface area (Å²) in [6, 6.07) is 5.54. The first kappa shape index (κ1) is 16.1. The van der Waals surface area contributed by atoms with Crippen LogP contribution in [0.5, 0.6) is 0 Å². The van der Waals surface area contributed by atoms with Crippen LogP contribution in [0.4, 0.5) is 0 Å². The number of aliphatic hydroxyl groups is 1. The molecule has 1 rings (SSSR count). The van der Waals surface area contributed by atoms with E-state index in [0.717, 1.165) is 14.5 Å². The summed E-state index contributed by atoms with van der Waals surface area (Å²) >= 11 is 6.73. The lowest BCUT2D eigenvalue weighted by molar-refractivity contribution is 0.166. The highest BCUT2D eigenvalue weighted by atomic mass is 79.9. The van der Waals surface area contributed by atoms with Gasteiger partial charge in [0.15, 0.2) is 0 Å². The third-order valence-corrected chi connectivity index (χ3v) is 5.66. The van der Waals surface area contributed by atoms with E-state index in [4.69, 9.17) is 0 Å². The molecular weight excluding hydrogens is 384 g/mol. The monoisotopic (exact) mass is 398 g/mol. The van der Waals surface area contributed by atoms with Crippen LogP contribution in [0.1, 0.15) is 31.4 Å². The molecule has 1 aromatic rings. The average Bonchev–Trinajstić information content (AvgIpc) is 2.28. The molecule has 3 nitrogen and oxygen atoms in total. The van der Waals surface area contributed by atoms with Crippen LogP contribution in [-0.2, 0) is 9.84 Å². The standard InChI is InChI=1S/C12H16Br2O3S/c1-2-18(16,17)7-3-4-12(15)10-6-5-9(13)8-11(10)14/h5-6,8,12,15H,2-4,7H2,1H3. The highest BCUT2D eigenvalue weighted by molar-refractivity contribution is 9.11. The van der Waals surface area contributed by atoms with Crippen LogP contribution in [0.2, 0.25) is 0 Å². The molecule has 0 saturated carbocycles. The van der Waals surface area contributed by atoms with Gasteiger partial charge >= 0.3 is 0 Å². The lowest BCUT2D eigenvalue weighted by atomic mass is 10.1. The van der Waals surface area contributed by atoms with Crippen LogP contribution in [-0.4, -0.2) is 25.0 Å². The van der Waals surface area contributed by atoms with E-state index in [1.807, 2.05) is 18.2 Å². The zero-order valence-electron chi connectivity index (χ0n) is 10.1. The van der Waals surface area contributed by atoms with E-state index in [1.54, 1.807) is 6.92 Å². The van der Waals surface area contributed by atoms with Gasteiger partial charge in [-0.2, -0.15) is 0 Å². The van der Waals surface area contributed by atoms with Gasteiger partial charge in [0.05, 0.1) is 11.9 Å². The number of aliphatic hydroxyl groups excluding tert-OH is 1. The van der Waals surface area contributed by atoms with E-state index in [1.165, 1.54) is 0 Å². The fraction of sp³-hybridized carbons (Fsp3) is 0.500. The average molecular weight is 400 g/mol. The summed E-state index contributed by atoms with van der Waals surface area (Å²) in [5.74, 6) is 0.291. The smallest absolute Gasteiger partial charge is 0.150 e. The van der Waals surface area contributed by atoms with Crippen molar-refractivity contribution in [3.05, 3.63) is 32.7 Å². The molecule has 0 radical (unpaired) electrons. The molecule has 0 spiro atoms. The molecule has 0 fully saturated rings. The second-order valence-corrected chi connectivity index (χ2v) is 8.30. The first-order valence-electron chi connectivity index (χ1n) is 5.69. The number of sulfone groups is 1. The molecule has 0 amide bonds. The summed E-state index contributed by atoms with van der Waals surface area (Å²) in [7, 11) is -2.94. The van der Waals surface area contributed by atoms with Crippen molar-refractivity contribution in [1.29, 1.82) is 0 Å². The molecule has 18 heavy (non-hydrogen) atoms. The van der Waals surface area contributed by atoms with Gasteiger partial charge in [0.2, 0.25) is 0 Å². The Bertz CT molecular complexity index is 500. The van der Waals surface area contributed by atoms with Gasteiger partial charge in [-0.1, -0.05) is 44.8 Å². The van der Waals surface area contributed by atoms with E-state index in [-0.39, 0.29) is 11.5 Å². The van der Waals surface area contributed by atoms with Gasteiger partial charge in [-0.15, -0.1) is 0 Å². The van der Waals surface area contributed by atoms with Crippen molar-refractivity contribution >= 4 is 41.7 Å². The first-order chi connectivity index (χ1) is 8.35. The van der Waals surface area contributed by atoms with E-state index in [0.29, 0.717) is 12.8 Å². The Morgan fingerprint density at radius 1 is 1.33 bits per heavy atom. The van der Waals surface area contributed by atoms with E-state index >= 15 is 0 Å². The van der Waals surface area contributed by atoms with Crippen molar-refractivity contribution in [3.8, 4) is 0 Å². The van der Waals surface area contributed by atoms with Crippen LogP contribution in [0.15, 0.2) is 27.1 Å². The highest BCUT2D eigenvalue weighted by Crippen LogP contribution is 2.29. The molecule has 0 aliphatic carbocycles. The van der Waals surface area contributed by atoms with Gasteiger partial charge < -0.3 is 5.11 Å². The Morgan fingerprint density at radius 2 is 2.00 bits per heavy atom. The summed E-state index contributed by atoms with van der Waals surface area (Å²) in [4.78, 5) is 0. The van der Waals surface area contributed by atoms with Crippen molar-refractivity contribution < 1.29 is 13.5 Å². The number of rotatable bonds is 6. The molecule has 0 heterocycles. The van der Waals surface area contributed by atoms with Crippen LogP contribution < -0.4 is 0 Å². The van der Waals surface area contributed by atoms with Gasteiger partial charge in [0.25, 0.3) is 0 Å². The van der Waals surface area contributed by atoms with Gasteiger partial charge in [0.1, 0.15) is 9.84 Å². The van der Waals surface area contributed by atoms with Crippen molar-refractivity contribution in [2.24, 2.45) is 0 Å². The molecule has 102 valence electrons. The maximum Gasteiger partial charge on any atom is 0.150 e. The molecule has 1 N–H and O–H groups in total. The Balaban J connectivity index is 2.58. The van der Waals surface area contributed by atoms with Crippen molar-refractivity contribution in [3.63, 3.8) is 0 Å². The second-order valence-electron chi connectivity index (χ2n) is 4.06. The molecule has 0 aliphatic rings. The van der Waals surface area contributed by atoms with Crippen LogP contribution in [0.3, 0.4) is 0 Å². The number of hydrogen-bond donors (Lipinski definition) is 1. The van der Waals surface area contributed by atoms with E-state index in [2.05, 4.69) is 31.9 Å². The maximum absolute atomic E-state index is 11.3. The topological polar surface area (TPSA) is 54.4 Å². The Labute approximate surface area is 125 Å². The molecule has 0 bridgehead atoms. The van der Waals surface area contributed by atoms with E-state index < -0.39 is 15.9 Å². The lowest BCUT2D eigenvalue weighted by Crippen LogP contribution is -2.10. The zero-order valence-corrected chi connectivity index (χ0v) is 14.1. The maximum atomic E-state index is 11.3. The predicted molar refractivity (Wildman–Crippen MR) is 80.4 cm³/mol. The minimum absolute atomic E-state index is 0.134. The van der Waals surface area contributed by atoms with Crippen LogP contribution in [0, 0.1) is 0 Å². The van der Waals surface area contributed by atoms with Gasteiger partial charge in [-0.05, 0) is 30.5 Å². The number of benzene rings is 1. The van der Waals surface area contributed by atoms with Gasteiger partial charge in [-0.25, -0.2) is 8.42 Å². The summed E-state index contributed by atoms with van der Waals surface area (Å²) < 4.78 is 24.4. The Morgan fingerprint density at radius 3 is 2.56 bits per heavy atom. The summed E-state index contributed by atoms with van der Waals surface area (Å²) in [5.41, 5.74) is 0.784. The molecule has 1 atom stereocenters. The van der Waals surface area contributed by atoms with Crippen molar-refractivity contribution in [1.82, 2.24) is 0 Å². The molecule has 0 aromatic heterocycles. The molecule has 1 unspecified atom stereocenters. The lowest BCUT2D eigenvalue weighted by Gasteiger charge is -2.13. The fourth-order valence-corrected chi connectivity index (χ4v) is 3.77. The second kappa shape index (κ2) is 7.03. The molecule has 0 saturated heterocycles. The first-order valence-corrected chi connectivity index (χ1v) is 9.10. The highest BCUT2D eigenvalue weighted by Gasteiger charge is 2.13. The predicted octanol–water partition coefficient (Wildman–Crippen LogP) is 3.46. The van der Waals surface area contributed by atoms with E-state index in [9.17, 15) is 13.5 Å². The molecular formula is C12H16Br2O3S. The van der Waals surface area contributed by atoms with Crippen LogP contribution >= 0.6 is 31.9 Å².